The van der Waals surface area contributed by atoms with Crippen LogP contribution in [0.4, 0.5) is 0 Å². The van der Waals surface area contributed by atoms with Crippen molar-refractivity contribution in [1.82, 2.24) is 5.32 Å². The van der Waals surface area contributed by atoms with Crippen LogP contribution in [-0.4, -0.2) is 32.3 Å². The van der Waals surface area contributed by atoms with E-state index in [4.69, 9.17) is 13.9 Å². The van der Waals surface area contributed by atoms with Gasteiger partial charge in [0, 0.05) is 7.11 Å². The molecule has 0 radical (unpaired) electrons. The third-order valence-corrected chi connectivity index (χ3v) is 3.08. The molecular formula is C17H20N2O4. The van der Waals surface area contributed by atoms with E-state index in [2.05, 4.69) is 10.3 Å². The van der Waals surface area contributed by atoms with Gasteiger partial charge in [-0.2, -0.15) is 0 Å². The Labute approximate surface area is 135 Å². The molecule has 23 heavy (non-hydrogen) atoms. The first kappa shape index (κ1) is 16.8. The van der Waals surface area contributed by atoms with E-state index in [1.165, 1.54) is 6.26 Å². The Bertz CT molecular complexity index is 623. The molecule has 0 saturated heterocycles. The average molecular weight is 316 g/mol. The standard InChI is InChI=1S/C17H20N2O4/c1-13(14-7-4-3-5-8-14)18-17(23-12-11-21-2)19-16(20)15-9-6-10-22-15/h3-10,13H,11-12H2,1-2H3,(H,18,19,20)/t13-/m1/s1. The number of carbonyl (C=O) groups excluding carboxylic acids is 1. The second-order valence-electron chi connectivity index (χ2n) is 4.79. The highest BCUT2D eigenvalue weighted by molar-refractivity contribution is 6.02. The first-order valence-corrected chi connectivity index (χ1v) is 7.30. The van der Waals surface area contributed by atoms with Crippen LogP contribution in [0.1, 0.15) is 29.1 Å². The number of aliphatic imine (C=N–C) groups is 1. The predicted octanol–water partition coefficient (Wildman–Crippen LogP) is 2.79. The first-order chi connectivity index (χ1) is 11.2. The average Bonchev–Trinajstić information content (AvgIpc) is 3.10. The highest BCUT2D eigenvalue weighted by atomic mass is 16.5. The van der Waals surface area contributed by atoms with Gasteiger partial charge in [0.2, 0.25) is 0 Å². The molecule has 0 aliphatic rings. The third-order valence-electron chi connectivity index (χ3n) is 3.08. The zero-order valence-electron chi connectivity index (χ0n) is 13.2. The number of hydrogen-bond donors (Lipinski definition) is 1. The summed E-state index contributed by atoms with van der Waals surface area (Å²) in [5.41, 5.74) is 1.02. The van der Waals surface area contributed by atoms with Crippen LogP contribution >= 0.6 is 0 Å². The van der Waals surface area contributed by atoms with Gasteiger partial charge in [-0.1, -0.05) is 30.3 Å². The van der Waals surface area contributed by atoms with Crippen LogP contribution in [0.5, 0.6) is 0 Å². The van der Waals surface area contributed by atoms with E-state index in [0.29, 0.717) is 6.61 Å². The summed E-state index contributed by atoms with van der Waals surface area (Å²) in [6.45, 7) is 2.61. The zero-order valence-corrected chi connectivity index (χ0v) is 13.2. The van der Waals surface area contributed by atoms with E-state index in [9.17, 15) is 4.79 Å². The molecule has 0 fully saturated rings. The molecule has 1 amide bonds. The van der Waals surface area contributed by atoms with Crippen molar-refractivity contribution in [3.8, 4) is 0 Å². The van der Waals surface area contributed by atoms with Crippen molar-refractivity contribution in [3.05, 3.63) is 60.1 Å². The molecule has 1 aromatic heterocycles. The van der Waals surface area contributed by atoms with Crippen molar-refractivity contribution in [2.24, 2.45) is 4.99 Å². The van der Waals surface area contributed by atoms with E-state index < -0.39 is 5.91 Å². The minimum atomic E-state index is -0.411. The van der Waals surface area contributed by atoms with Crippen molar-refractivity contribution in [2.75, 3.05) is 20.3 Å². The Hall–Kier alpha value is -2.60. The minimum Gasteiger partial charge on any atom is -0.463 e. The van der Waals surface area contributed by atoms with Crippen LogP contribution in [0.3, 0.4) is 0 Å². The smallest absolute Gasteiger partial charge is 0.294 e. The fraction of sp³-hybridized carbons (Fsp3) is 0.294. The lowest BCUT2D eigenvalue weighted by atomic mass is 10.1. The number of amides is 1. The first-order valence-electron chi connectivity index (χ1n) is 7.30. The molecule has 1 heterocycles. The fourth-order valence-electron chi connectivity index (χ4n) is 1.88. The second kappa shape index (κ2) is 8.75. The van der Waals surface area contributed by atoms with Crippen LogP contribution in [0.15, 0.2) is 58.1 Å². The van der Waals surface area contributed by atoms with Crippen molar-refractivity contribution in [2.45, 2.75) is 13.0 Å². The number of hydrogen-bond acceptors (Lipinski definition) is 5. The fourth-order valence-corrected chi connectivity index (χ4v) is 1.88. The lowest BCUT2D eigenvalue weighted by molar-refractivity contribution is 0.0927. The molecule has 1 atom stereocenters. The lowest BCUT2D eigenvalue weighted by Gasteiger charge is -2.13. The number of methoxy groups -OCH3 is 1. The maximum atomic E-state index is 12.1. The molecule has 6 heteroatoms. The molecule has 0 spiro atoms. The third kappa shape index (κ3) is 5.27. The Morgan fingerprint density at radius 3 is 2.65 bits per heavy atom. The number of furan rings is 1. The number of ether oxygens (including phenoxy) is 2. The molecule has 0 unspecified atom stereocenters. The number of amidine groups is 1. The topological polar surface area (TPSA) is 73.1 Å². The molecule has 0 saturated carbocycles. The normalized spacial score (nSPS) is 12.7. The number of nitrogens with zero attached hydrogens (tertiary/aromatic N) is 1. The molecule has 0 aliphatic carbocycles. The quantitative estimate of drug-likeness (QED) is 0.505. The van der Waals surface area contributed by atoms with Crippen molar-refractivity contribution in [1.29, 1.82) is 0 Å². The Morgan fingerprint density at radius 1 is 1.22 bits per heavy atom. The van der Waals surface area contributed by atoms with Gasteiger partial charge in [-0.15, -0.1) is 0 Å². The van der Waals surface area contributed by atoms with Gasteiger partial charge in [-0.3, -0.25) is 10.1 Å². The van der Waals surface area contributed by atoms with Crippen molar-refractivity contribution in [3.63, 3.8) is 0 Å². The molecule has 6 nitrogen and oxygen atoms in total. The van der Waals surface area contributed by atoms with E-state index in [-0.39, 0.29) is 24.4 Å². The number of nitrogens with one attached hydrogen (secondary N) is 1. The number of benzene rings is 1. The molecular weight excluding hydrogens is 296 g/mol. The zero-order chi connectivity index (χ0) is 16.5. The highest BCUT2D eigenvalue weighted by Crippen LogP contribution is 2.16. The maximum absolute atomic E-state index is 12.1. The van der Waals surface area contributed by atoms with Gasteiger partial charge in [-0.05, 0) is 24.6 Å². The van der Waals surface area contributed by atoms with Crippen LogP contribution in [0.2, 0.25) is 0 Å². The minimum absolute atomic E-state index is 0.139. The van der Waals surface area contributed by atoms with Gasteiger partial charge in [0.15, 0.2) is 5.76 Å². The summed E-state index contributed by atoms with van der Waals surface area (Å²) < 4.78 is 15.5. The van der Waals surface area contributed by atoms with Gasteiger partial charge in [0.25, 0.3) is 11.9 Å². The van der Waals surface area contributed by atoms with Crippen LogP contribution in [0.25, 0.3) is 0 Å². The molecule has 0 aliphatic heterocycles. The highest BCUT2D eigenvalue weighted by Gasteiger charge is 2.14. The Kier molecular flexibility index (Phi) is 6.38. The molecule has 1 N–H and O–H groups in total. The van der Waals surface area contributed by atoms with Crippen LogP contribution in [0, 0.1) is 0 Å². The summed E-state index contributed by atoms with van der Waals surface area (Å²) in [6, 6.07) is 12.9. The molecule has 2 rings (SSSR count). The van der Waals surface area contributed by atoms with Crippen LogP contribution in [-0.2, 0) is 9.47 Å². The summed E-state index contributed by atoms with van der Waals surface area (Å²) >= 11 is 0. The van der Waals surface area contributed by atoms with Crippen molar-refractivity contribution < 1.29 is 18.7 Å². The predicted molar refractivity (Wildman–Crippen MR) is 86.3 cm³/mol. The van der Waals surface area contributed by atoms with Gasteiger partial charge in [-0.25, -0.2) is 4.99 Å². The summed E-state index contributed by atoms with van der Waals surface area (Å²) in [7, 11) is 1.58. The summed E-state index contributed by atoms with van der Waals surface area (Å²) in [6.07, 6.45) is 1.43. The van der Waals surface area contributed by atoms with Gasteiger partial charge >= 0.3 is 0 Å². The van der Waals surface area contributed by atoms with Gasteiger partial charge in [0.1, 0.15) is 6.61 Å². The summed E-state index contributed by atoms with van der Waals surface area (Å²) in [4.78, 5) is 16.5. The Morgan fingerprint density at radius 2 is 2.00 bits per heavy atom. The van der Waals surface area contributed by atoms with E-state index >= 15 is 0 Å². The monoisotopic (exact) mass is 316 g/mol. The maximum Gasteiger partial charge on any atom is 0.294 e. The second-order valence-corrected chi connectivity index (χ2v) is 4.79. The number of rotatable bonds is 6. The van der Waals surface area contributed by atoms with Gasteiger partial charge < -0.3 is 13.9 Å². The van der Waals surface area contributed by atoms with E-state index in [1.807, 2.05) is 37.3 Å². The molecule has 2 aromatic rings. The summed E-state index contributed by atoms with van der Waals surface area (Å²) in [5, 5.41) is 2.62. The largest absolute Gasteiger partial charge is 0.463 e. The van der Waals surface area contributed by atoms with Crippen LogP contribution < -0.4 is 5.32 Å². The molecule has 0 bridgehead atoms. The van der Waals surface area contributed by atoms with E-state index in [1.54, 1.807) is 19.2 Å². The number of carbonyl (C=O) groups is 1. The molecule has 1 aromatic carbocycles. The van der Waals surface area contributed by atoms with E-state index in [0.717, 1.165) is 5.56 Å². The molecule has 122 valence electrons. The van der Waals surface area contributed by atoms with Crippen molar-refractivity contribution >= 4 is 11.9 Å². The SMILES string of the molecule is COCCOC(=N[C@H](C)c1ccccc1)NC(=O)c1ccco1. The Balaban J connectivity index is 2.09. The lowest BCUT2D eigenvalue weighted by Crippen LogP contribution is -2.33. The van der Waals surface area contributed by atoms with Gasteiger partial charge in [0.05, 0.1) is 18.9 Å². The summed E-state index contributed by atoms with van der Waals surface area (Å²) in [5.74, 6) is -0.216.